The lowest BCUT2D eigenvalue weighted by atomic mass is 10.1. The Balaban J connectivity index is 1.60. The van der Waals surface area contributed by atoms with E-state index >= 15 is 0 Å². The van der Waals surface area contributed by atoms with Crippen molar-refractivity contribution in [2.75, 3.05) is 26.1 Å². The summed E-state index contributed by atoms with van der Waals surface area (Å²) in [4.78, 5) is 12.1. The van der Waals surface area contributed by atoms with Gasteiger partial charge in [0.25, 0.3) is 5.91 Å². The second kappa shape index (κ2) is 9.41. The number of nitrogens with one attached hydrogen (secondary N) is 2. The van der Waals surface area contributed by atoms with Crippen LogP contribution in [0.5, 0.6) is 11.5 Å². The smallest absolute Gasteiger partial charge is 0.259 e. The van der Waals surface area contributed by atoms with Gasteiger partial charge in [0.1, 0.15) is 0 Å². The third kappa shape index (κ3) is 4.72. The molecule has 0 aliphatic carbocycles. The summed E-state index contributed by atoms with van der Waals surface area (Å²) in [6, 6.07) is 17.7. The maximum atomic E-state index is 12.1. The Labute approximate surface area is 177 Å². The lowest BCUT2D eigenvalue weighted by molar-refractivity contribution is -0.119. The number of hydrogen-bond donors (Lipinski definition) is 2. The summed E-state index contributed by atoms with van der Waals surface area (Å²) in [6.07, 6.45) is 1.57. The van der Waals surface area contributed by atoms with E-state index in [1.807, 2.05) is 48.5 Å². The summed E-state index contributed by atoms with van der Waals surface area (Å²) in [5.74, 6) is 1.04. The molecule has 2 N–H and O–H groups in total. The molecule has 3 rings (SSSR count). The number of amides is 1. The SMILES string of the molecule is COc1cc(/C=N\NC(=O)CNc2cccc3ccccc23)cc(I)c1OC. The summed E-state index contributed by atoms with van der Waals surface area (Å²) in [5.41, 5.74) is 4.23. The van der Waals surface area contributed by atoms with E-state index in [0.29, 0.717) is 11.5 Å². The van der Waals surface area contributed by atoms with Gasteiger partial charge < -0.3 is 14.8 Å². The molecule has 0 fully saturated rings. The number of ether oxygens (including phenoxy) is 2. The van der Waals surface area contributed by atoms with Gasteiger partial charge in [-0.15, -0.1) is 0 Å². The van der Waals surface area contributed by atoms with Crippen molar-refractivity contribution in [2.45, 2.75) is 0 Å². The number of carbonyl (C=O) groups excluding carboxylic acids is 1. The van der Waals surface area contributed by atoms with Crippen LogP contribution in [0.2, 0.25) is 0 Å². The van der Waals surface area contributed by atoms with Crippen molar-refractivity contribution in [3.05, 3.63) is 63.7 Å². The maximum absolute atomic E-state index is 12.1. The number of hydrogen-bond acceptors (Lipinski definition) is 5. The van der Waals surface area contributed by atoms with E-state index in [1.165, 1.54) is 0 Å². The van der Waals surface area contributed by atoms with E-state index in [2.05, 4.69) is 38.4 Å². The Morgan fingerprint density at radius 2 is 1.89 bits per heavy atom. The lowest BCUT2D eigenvalue weighted by Gasteiger charge is -2.10. The Morgan fingerprint density at radius 1 is 1.11 bits per heavy atom. The highest BCUT2D eigenvalue weighted by molar-refractivity contribution is 14.1. The van der Waals surface area contributed by atoms with Crippen molar-refractivity contribution in [2.24, 2.45) is 5.10 Å². The average molecular weight is 489 g/mol. The van der Waals surface area contributed by atoms with Crippen LogP contribution in [0.15, 0.2) is 59.7 Å². The van der Waals surface area contributed by atoms with Crippen molar-refractivity contribution in [1.29, 1.82) is 0 Å². The van der Waals surface area contributed by atoms with E-state index < -0.39 is 0 Å². The summed E-state index contributed by atoms with van der Waals surface area (Å²) in [6.45, 7) is 0.120. The number of hydrazone groups is 1. The number of rotatable bonds is 7. The van der Waals surface area contributed by atoms with Gasteiger partial charge in [0.2, 0.25) is 0 Å². The monoisotopic (exact) mass is 489 g/mol. The topological polar surface area (TPSA) is 72.0 Å². The summed E-state index contributed by atoms with van der Waals surface area (Å²) < 4.78 is 11.5. The molecule has 28 heavy (non-hydrogen) atoms. The van der Waals surface area contributed by atoms with Crippen LogP contribution in [0.25, 0.3) is 10.8 Å². The van der Waals surface area contributed by atoms with E-state index in [9.17, 15) is 4.79 Å². The van der Waals surface area contributed by atoms with Crippen LogP contribution in [0.1, 0.15) is 5.56 Å². The number of benzene rings is 3. The van der Waals surface area contributed by atoms with Crippen molar-refractivity contribution >= 4 is 51.2 Å². The first-order valence-corrected chi connectivity index (χ1v) is 9.65. The Bertz CT molecular complexity index is 1020. The van der Waals surface area contributed by atoms with Crippen molar-refractivity contribution in [1.82, 2.24) is 5.43 Å². The molecule has 3 aromatic rings. The van der Waals surface area contributed by atoms with Crippen molar-refractivity contribution in [3.63, 3.8) is 0 Å². The first kappa shape index (κ1) is 19.9. The minimum absolute atomic E-state index is 0.120. The van der Waals surface area contributed by atoms with Crippen molar-refractivity contribution < 1.29 is 14.3 Å². The molecular weight excluding hydrogens is 469 g/mol. The van der Waals surface area contributed by atoms with Crippen LogP contribution in [0.3, 0.4) is 0 Å². The molecule has 1 amide bonds. The molecule has 0 aromatic heterocycles. The lowest BCUT2D eigenvalue weighted by Crippen LogP contribution is -2.25. The zero-order valence-corrected chi connectivity index (χ0v) is 17.7. The first-order valence-electron chi connectivity index (χ1n) is 8.57. The summed E-state index contributed by atoms with van der Waals surface area (Å²) >= 11 is 2.16. The highest BCUT2D eigenvalue weighted by Crippen LogP contribution is 2.33. The van der Waals surface area contributed by atoms with E-state index in [1.54, 1.807) is 26.5 Å². The predicted octanol–water partition coefficient (Wildman–Crippen LogP) is 4.02. The van der Waals surface area contributed by atoms with Gasteiger partial charge in [-0.2, -0.15) is 5.10 Å². The fourth-order valence-corrected chi connectivity index (χ4v) is 3.63. The number of nitrogens with zero attached hydrogens (tertiary/aromatic N) is 1. The zero-order chi connectivity index (χ0) is 19.9. The Hall–Kier alpha value is -2.81. The minimum atomic E-state index is -0.237. The molecule has 0 unspecified atom stereocenters. The third-order valence-electron chi connectivity index (χ3n) is 4.09. The van der Waals surface area contributed by atoms with Gasteiger partial charge in [-0.05, 0) is 51.7 Å². The molecule has 0 radical (unpaired) electrons. The van der Waals surface area contributed by atoms with Gasteiger partial charge in [-0.25, -0.2) is 5.43 Å². The van der Waals surface area contributed by atoms with Gasteiger partial charge in [0.15, 0.2) is 11.5 Å². The number of methoxy groups -OCH3 is 2. The largest absolute Gasteiger partial charge is 0.493 e. The molecule has 0 aliphatic rings. The number of carbonyl (C=O) groups is 1. The second-order valence-electron chi connectivity index (χ2n) is 5.91. The summed E-state index contributed by atoms with van der Waals surface area (Å²) in [7, 11) is 3.17. The molecule has 0 atom stereocenters. The van der Waals surface area contributed by atoms with Gasteiger partial charge in [0.05, 0.1) is 30.5 Å². The van der Waals surface area contributed by atoms with Crippen LogP contribution in [0.4, 0.5) is 5.69 Å². The molecule has 7 heteroatoms. The Morgan fingerprint density at radius 3 is 2.68 bits per heavy atom. The zero-order valence-electron chi connectivity index (χ0n) is 15.5. The molecule has 3 aromatic carbocycles. The molecule has 0 spiro atoms. The van der Waals surface area contributed by atoms with E-state index in [-0.39, 0.29) is 12.5 Å². The number of anilines is 1. The van der Waals surface area contributed by atoms with Crippen LogP contribution in [-0.2, 0) is 4.79 Å². The molecule has 144 valence electrons. The highest BCUT2D eigenvalue weighted by Gasteiger charge is 2.09. The van der Waals surface area contributed by atoms with Crippen molar-refractivity contribution in [3.8, 4) is 11.5 Å². The minimum Gasteiger partial charge on any atom is -0.493 e. The molecule has 6 nitrogen and oxygen atoms in total. The standard InChI is InChI=1S/C21H20IN3O3/c1-27-19-11-14(10-17(22)21(19)28-2)12-24-25-20(26)13-23-18-9-5-7-15-6-3-4-8-16(15)18/h3-12,23H,13H2,1-2H3,(H,25,26)/b24-12-. The van der Waals surface area contributed by atoms with E-state index in [0.717, 1.165) is 25.6 Å². The average Bonchev–Trinajstić information content (AvgIpc) is 2.71. The van der Waals surface area contributed by atoms with Gasteiger partial charge in [-0.3, -0.25) is 4.79 Å². The quantitative estimate of drug-likeness (QED) is 0.299. The molecular formula is C21H20IN3O3. The number of fused-ring (bicyclic) bond motifs is 1. The van der Waals surface area contributed by atoms with E-state index in [4.69, 9.17) is 9.47 Å². The third-order valence-corrected chi connectivity index (χ3v) is 4.89. The second-order valence-corrected chi connectivity index (χ2v) is 7.07. The van der Waals surface area contributed by atoms with Crippen LogP contribution in [-0.4, -0.2) is 32.9 Å². The highest BCUT2D eigenvalue weighted by atomic mass is 127. The summed E-state index contributed by atoms with van der Waals surface area (Å²) in [5, 5.41) is 9.37. The molecule has 0 heterocycles. The van der Waals surface area contributed by atoms with Crippen LogP contribution < -0.4 is 20.2 Å². The van der Waals surface area contributed by atoms with Crippen LogP contribution in [0, 0.1) is 3.57 Å². The molecule has 0 saturated heterocycles. The van der Waals surface area contributed by atoms with Crippen LogP contribution >= 0.6 is 22.6 Å². The van der Waals surface area contributed by atoms with Gasteiger partial charge in [0, 0.05) is 11.1 Å². The molecule has 0 saturated carbocycles. The fourth-order valence-electron chi connectivity index (χ4n) is 2.79. The molecule has 0 aliphatic heterocycles. The maximum Gasteiger partial charge on any atom is 0.259 e. The molecule has 0 bridgehead atoms. The number of halogens is 1. The van der Waals surface area contributed by atoms with Gasteiger partial charge >= 0.3 is 0 Å². The van der Waals surface area contributed by atoms with Gasteiger partial charge in [-0.1, -0.05) is 36.4 Å². The normalized spacial score (nSPS) is 10.8. The predicted molar refractivity (Wildman–Crippen MR) is 120 cm³/mol. The fraction of sp³-hybridized carbons (Fsp3) is 0.143. The Kier molecular flexibility index (Phi) is 6.70. The first-order chi connectivity index (χ1) is 13.6.